The van der Waals surface area contributed by atoms with Gasteiger partial charge in [-0.1, -0.05) is 11.6 Å². The minimum atomic E-state index is -0.540. The Morgan fingerprint density at radius 2 is 2.11 bits per heavy atom. The van der Waals surface area contributed by atoms with E-state index in [0.29, 0.717) is 19.6 Å². The smallest absolute Gasteiger partial charge is 0.315 e. The number of nitrogens with zero attached hydrogens (tertiary/aromatic N) is 1. The average molecular weight is 284 g/mol. The highest BCUT2D eigenvalue weighted by atomic mass is 35.5. The van der Waals surface area contributed by atoms with Crippen LogP contribution in [-0.4, -0.2) is 42.0 Å². The first kappa shape index (κ1) is 12.2. The van der Waals surface area contributed by atoms with Crippen LogP contribution in [0, 0.1) is 5.82 Å². The third kappa shape index (κ3) is 2.12. The van der Waals surface area contributed by atoms with Crippen molar-refractivity contribution in [2.75, 3.05) is 19.6 Å². The highest BCUT2D eigenvalue weighted by molar-refractivity contribution is 6.31. The summed E-state index contributed by atoms with van der Waals surface area (Å²) in [5.74, 6) is -0.824. The second-order valence-corrected chi connectivity index (χ2v) is 5.34. The van der Waals surface area contributed by atoms with E-state index < -0.39 is 5.82 Å². The summed E-state index contributed by atoms with van der Waals surface area (Å²) in [6, 6.07) is 3.52. The number of amides is 3. The van der Waals surface area contributed by atoms with Crippen LogP contribution in [0.25, 0.3) is 0 Å². The molecule has 2 aliphatic rings. The molecule has 2 N–H and O–H groups in total. The first-order chi connectivity index (χ1) is 8.97. The Labute approximate surface area is 113 Å². The van der Waals surface area contributed by atoms with E-state index in [4.69, 9.17) is 11.6 Å². The molecule has 0 bridgehead atoms. The molecule has 2 aliphatic heterocycles. The number of halogens is 2. The Kier molecular flexibility index (Phi) is 2.63. The number of likely N-dealkylation sites (tertiary alicyclic amines) is 1. The minimum Gasteiger partial charge on any atom is -0.336 e. The van der Waals surface area contributed by atoms with Crippen LogP contribution < -0.4 is 10.6 Å². The molecular formula is C12H11ClFN3O2. The number of hydrogen-bond acceptors (Lipinski definition) is 2. The van der Waals surface area contributed by atoms with Crippen LogP contribution in [0.2, 0.25) is 5.02 Å². The van der Waals surface area contributed by atoms with Gasteiger partial charge in [-0.05, 0) is 18.2 Å². The first-order valence-corrected chi connectivity index (χ1v) is 6.17. The lowest BCUT2D eigenvalue weighted by Crippen LogP contribution is -2.70. The van der Waals surface area contributed by atoms with Crippen molar-refractivity contribution >= 4 is 23.5 Å². The van der Waals surface area contributed by atoms with Crippen LogP contribution in [0.15, 0.2) is 18.2 Å². The number of carbonyl (C=O) groups is 2. The fourth-order valence-electron chi connectivity index (χ4n) is 2.46. The van der Waals surface area contributed by atoms with Gasteiger partial charge in [-0.2, -0.15) is 0 Å². The Bertz CT molecular complexity index is 552. The van der Waals surface area contributed by atoms with Crippen molar-refractivity contribution in [3.05, 3.63) is 34.6 Å². The van der Waals surface area contributed by atoms with E-state index in [1.165, 1.54) is 6.07 Å². The molecule has 0 saturated carbocycles. The summed E-state index contributed by atoms with van der Waals surface area (Å²) in [6.07, 6.45) is 0. The standard InChI is InChI=1S/C12H11ClFN3O2/c13-8-1-7(2-9(14)3-8)10(18)17-5-12(6-17)4-15-11(19)16-12/h1-3H,4-6H2,(H2,15,16,19). The average Bonchev–Trinajstić information content (AvgIpc) is 2.67. The van der Waals surface area contributed by atoms with E-state index >= 15 is 0 Å². The van der Waals surface area contributed by atoms with Crippen LogP contribution >= 0.6 is 11.6 Å². The van der Waals surface area contributed by atoms with Gasteiger partial charge in [0.25, 0.3) is 5.91 Å². The van der Waals surface area contributed by atoms with Crippen molar-refractivity contribution in [1.82, 2.24) is 15.5 Å². The van der Waals surface area contributed by atoms with Gasteiger partial charge >= 0.3 is 6.03 Å². The van der Waals surface area contributed by atoms with Crippen LogP contribution in [0.5, 0.6) is 0 Å². The van der Waals surface area contributed by atoms with Crippen molar-refractivity contribution in [1.29, 1.82) is 0 Å². The molecule has 19 heavy (non-hydrogen) atoms. The van der Waals surface area contributed by atoms with Crippen molar-refractivity contribution in [2.24, 2.45) is 0 Å². The second kappa shape index (κ2) is 4.09. The number of urea groups is 1. The summed E-state index contributed by atoms with van der Waals surface area (Å²) < 4.78 is 13.2. The monoisotopic (exact) mass is 283 g/mol. The summed E-state index contributed by atoms with van der Waals surface area (Å²) in [5.41, 5.74) is -0.152. The van der Waals surface area contributed by atoms with E-state index in [1.807, 2.05) is 0 Å². The number of rotatable bonds is 1. The number of carbonyl (C=O) groups excluding carboxylic acids is 2. The molecule has 1 aromatic carbocycles. The Morgan fingerprint density at radius 3 is 2.68 bits per heavy atom. The zero-order valence-corrected chi connectivity index (χ0v) is 10.6. The number of nitrogens with one attached hydrogen (secondary N) is 2. The largest absolute Gasteiger partial charge is 0.336 e. The van der Waals surface area contributed by atoms with Gasteiger partial charge in [0, 0.05) is 30.2 Å². The zero-order valence-electron chi connectivity index (χ0n) is 9.87. The predicted octanol–water partition coefficient (Wildman–Crippen LogP) is 0.986. The van der Waals surface area contributed by atoms with Gasteiger partial charge in [-0.15, -0.1) is 0 Å². The highest BCUT2D eigenvalue weighted by Gasteiger charge is 2.49. The molecule has 2 saturated heterocycles. The third-order valence-electron chi connectivity index (χ3n) is 3.35. The summed E-state index contributed by atoms with van der Waals surface area (Å²) in [6.45, 7) is 1.33. The zero-order chi connectivity index (χ0) is 13.6. The van der Waals surface area contributed by atoms with Gasteiger partial charge in [-0.3, -0.25) is 4.79 Å². The molecule has 0 unspecified atom stereocenters. The molecule has 5 nitrogen and oxygen atoms in total. The van der Waals surface area contributed by atoms with Gasteiger partial charge in [0.2, 0.25) is 0 Å². The van der Waals surface area contributed by atoms with E-state index in [2.05, 4.69) is 10.6 Å². The second-order valence-electron chi connectivity index (χ2n) is 4.91. The molecule has 0 aromatic heterocycles. The Morgan fingerprint density at radius 1 is 1.37 bits per heavy atom. The van der Waals surface area contributed by atoms with Crippen LogP contribution in [0.4, 0.5) is 9.18 Å². The molecule has 3 amide bonds. The van der Waals surface area contributed by atoms with E-state index in [0.717, 1.165) is 12.1 Å². The summed E-state index contributed by atoms with van der Waals surface area (Å²) >= 11 is 5.72. The number of benzene rings is 1. The quantitative estimate of drug-likeness (QED) is 0.807. The SMILES string of the molecule is O=C1NCC2(CN(C(=O)c3cc(F)cc(Cl)c3)C2)N1. The summed E-state index contributed by atoms with van der Waals surface area (Å²) in [7, 11) is 0. The first-order valence-electron chi connectivity index (χ1n) is 5.79. The fourth-order valence-corrected chi connectivity index (χ4v) is 2.68. The fraction of sp³-hybridized carbons (Fsp3) is 0.333. The van der Waals surface area contributed by atoms with Gasteiger partial charge < -0.3 is 15.5 Å². The van der Waals surface area contributed by atoms with Crippen LogP contribution in [-0.2, 0) is 0 Å². The predicted molar refractivity (Wildman–Crippen MR) is 66.6 cm³/mol. The maximum absolute atomic E-state index is 13.2. The minimum absolute atomic E-state index is 0.189. The van der Waals surface area contributed by atoms with Gasteiger partial charge in [0.05, 0.1) is 5.54 Å². The maximum Gasteiger partial charge on any atom is 0.315 e. The molecule has 1 aromatic rings. The molecule has 100 valence electrons. The summed E-state index contributed by atoms with van der Waals surface area (Å²) in [4.78, 5) is 24.8. The highest BCUT2D eigenvalue weighted by Crippen LogP contribution is 2.26. The molecule has 3 rings (SSSR count). The molecule has 0 atom stereocenters. The Balaban J connectivity index is 1.71. The van der Waals surface area contributed by atoms with E-state index in [9.17, 15) is 14.0 Å². The third-order valence-corrected chi connectivity index (χ3v) is 3.57. The molecule has 0 radical (unpaired) electrons. The lowest BCUT2D eigenvalue weighted by atomic mass is 9.90. The van der Waals surface area contributed by atoms with Crippen LogP contribution in [0.3, 0.4) is 0 Å². The van der Waals surface area contributed by atoms with Crippen molar-refractivity contribution in [3.63, 3.8) is 0 Å². The van der Waals surface area contributed by atoms with Gasteiger partial charge in [0.1, 0.15) is 5.82 Å². The maximum atomic E-state index is 13.2. The van der Waals surface area contributed by atoms with Crippen LogP contribution in [0.1, 0.15) is 10.4 Å². The molecule has 2 fully saturated rings. The van der Waals surface area contributed by atoms with E-state index in [1.54, 1.807) is 4.90 Å². The van der Waals surface area contributed by atoms with Crippen molar-refractivity contribution in [3.8, 4) is 0 Å². The topological polar surface area (TPSA) is 61.4 Å². The molecule has 0 aliphatic carbocycles. The lowest BCUT2D eigenvalue weighted by molar-refractivity contribution is 0.0396. The molecule has 7 heteroatoms. The molecule has 2 heterocycles. The van der Waals surface area contributed by atoms with Crippen molar-refractivity contribution in [2.45, 2.75) is 5.54 Å². The molecule has 1 spiro atoms. The van der Waals surface area contributed by atoms with Gasteiger partial charge in [0.15, 0.2) is 0 Å². The lowest BCUT2D eigenvalue weighted by Gasteiger charge is -2.46. The molecular weight excluding hydrogens is 273 g/mol. The normalized spacial score (nSPS) is 19.9. The Hall–Kier alpha value is -1.82. The van der Waals surface area contributed by atoms with E-state index in [-0.39, 0.29) is 28.1 Å². The van der Waals surface area contributed by atoms with Crippen molar-refractivity contribution < 1.29 is 14.0 Å². The summed E-state index contributed by atoms with van der Waals surface area (Å²) in [5, 5.41) is 5.63. The van der Waals surface area contributed by atoms with Gasteiger partial charge in [-0.25, -0.2) is 9.18 Å². The number of hydrogen-bond donors (Lipinski definition) is 2.